The Morgan fingerprint density at radius 2 is 1.76 bits per heavy atom. The molecule has 6 nitrogen and oxygen atoms in total. The van der Waals surface area contributed by atoms with Gasteiger partial charge in [-0.15, -0.1) is 0 Å². The number of hydrogen-bond donors (Lipinski definition) is 1. The van der Waals surface area contributed by atoms with Crippen LogP contribution in [0.3, 0.4) is 0 Å². The Morgan fingerprint density at radius 3 is 2.33 bits per heavy atom. The van der Waals surface area contributed by atoms with Gasteiger partial charge < -0.3 is 20.3 Å². The lowest BCUT2D eigenvalue weighted by Gasteiger charge is -2.34. The third kappa shape index (κ3) is 4.19. The normalized spacial score (nSPS) is 15.0. The summed E-state index contributed by atoms with van der Waals surface area (Å²) >= 11 is 0. The van der Waals surface area contributed by atoms with Gasteiger partial charge in [-0.25, -0.2) is 0 Å². The number of benzene rings is 1. The van der Waals surface area contributed by atoms with Crippen molar-refractivity contribution in [2.75, 3.05) is 39.3 Å². The van der Waals surface area contributed by atoms with E-state index in [2.05, 4.69) is 0 Å². The summed E-state index contributed by atoms with van der Waals surface area (Å²) in [5.41, 5.74) is 6.42. The highest BCUT2D eigenvalue weighted by molar-refractivity contribution is 5.80. The smallest absolute Gasteiger partial charge is 0.260 e. The number of carbonyl (C=O) groups excluding carboxylic acids is 2. The van der Waals surface area contributed by atoms with Crippen molar-refractivity contribution in [1.29, 1.82) is 0 Å². The Morgan fingerprint density at radius 1 is 1.14 bits per heavy atom. The number of amides is 2. The second-order valence-electron chi connectivity index (χ2n) is 5.07. The van der Waals surface area contributed by atoms with Crippen LogP contribution in [0.1, 0.15) is 5.56 Å². The van der Waals surface area contributed by atoms with Crippen molar-refractivity contribution < 1.29 is 14.3 Å². The summed E-state index contributed by atoms with van der Waals surface area (Å²) in [5, 5.41) is 0. The number of hydrogen-bond acceptors (Lipinski definition) is 4. The fraction of sp³-hybridized carbons (Fsp3) is 0.467. The van der Waals surface area contributed by atoms with Crippen LogP contribution in [0.2, 0.25) is 0 Å². The highest BCUT2D eigenvalue weighted by atomic mass is 16.5. The fourth-order valence-corrected chi connectivity index (χ4v) is 2.28. The third-order valence-corrected chi connectivity index (χ3v) is 3.51. The molecule has 0 unspecified atom stereocenters. The molecule has 1 fully saturated rings. The zero-order valence-corrected chi connectivity index (χ0v) is 12.2. The summed E-state index contributed by atoms with van der Waals surface area (Å²) in [6, 6.07) is 7.60. The highest BCUT2D eigenvalue weighted by Gasteiger charge is 2.23. The molecule has 1 aromatic carbocycles. The average Bonchev–Trinajstić information content (AvgIpc) is 2.52. The van der Waals surface area contributed by atoms with Crippen LogP contribution in [0, 0.1) is 6.92 Å². The molecular weight excluding hydrogens is 270 g/mol. The van der Waals surface area contributed by atoms with Crippen LogP contribution in [0.5, 0.6) is 5.75 Å². The Kier molecular flexibility index (Phi) is 5.16. The lowest BCUT2D eigenvalue weighted by Crippen LogP contribution is -2.52. The van der Waals surface area contributed by atoms with Crippen molar-refractivity contribution in [3.8, 4) is 5.75 Å². The van der Waals surface area contributed by atoms with Gasteiger partial charge in [0.05, 0.1) is 6.54 Å². The molecule has 114 valence electrons. The maximum absolute atomic E-state index is 12.1. The fourth-order valence-electron chi connectivity index (χ4n) is 2.28. The largest absolute Gasteiger partial charge is 0.484 e. The van der Waals surface area contributed by atoms with Crippen LogP contribution < -0.4 is 10.5 Å². The van der Waals surface area contributed by atoms with Gasteiger partial charge in [0.2, 0.25) is 5.91 Å². The zero-order valence-electron chi connectivity index (χ0n) is 12.2. The molecule has 1 aliphatic rings. The highest BCUT2D eigenvalue weighted by Crippen LogP contribution is 2.12. The first-order chi connectivity index (χ1) is 10.1. The molecule has 1 aliphatic heterocycles. The number of aryl methyl sites for hydroxylation is 1. The molecule has 0 aromatic heterocycles. The minimum atomic E-state index is -0.0712. The predicted molar refractivity (Wildman–Crippen MR) is 78.9 cm³/mol. The summed E-state index contributed by atoms with van der Waals surface area (Å²) < 4.78 is 5.51. The Hall–Kier alpha value is -2.08. The first-order valence-electron chi connectivity index (χ1n) is 7.05. The topological polar surface area (TPSA) is 75.9 Å². The van der Waals surface area contributed by atoms with Crippen LogP contribution in [-0.2, 0) is 9.59 Å². The monoisotopic (exact) mass is 291 g/mol. The first kappa shape index (κ1) is 15.3. The molecule has 2 rings (SSSR count). The van der Waals surface area contributed by atoms with Crippen molar-refractivity contribution in [1.82, 2.24) is 9.80 Å². The van der Waals surface area contributed by atoms with E-state index in [-0.39, 0.29) is 25.0 Å². The van der Waals surface area contributed by atoms with E-state index < -0.39 is 0 Å². The van der Waals surface area contributed by atoms with E-state index >= 15 is 0 Å². The molecule has 2 amide bonds. The van der Waals surface area contributed by atoms with Crippen molar-refractivity contribution in [3.63, 3.8) is 0 Å². The molecule has 6 heteroatoms. The summed E-state index contributed by atoms with van der Waals surface area (Å²) in [7, 11) is 0. The molecule has 1 heterocycles. The van der Waals surface area contributed by atoms with Gasteiger partial charge in [0, 0.05) is 26.2 Å². The maximum Gasteiger partial charge on any atom is 0.260 e. The van der Waals surface area contributed by atoms with Crippen molar-refractivity contribution in [3.05, 3.63) is 29.8 Å². The summed E-state index contributed by atoms with van der Waals surface area (Å²) in [6.45, 7) is 4.14. The standard InChI is InChI=1S/C15H21N3O3/c1-12-3-2-4-13(9-12)21-11-15(20)18-7-5-17(6-8-18)14(19)10-16/h2-4,9H,5-8,10-11,16H2,1H3. The number of nitrogens with two attached hydrogens (primary N) is 1. The lowest BCUT2D eigenvalue weighted by atomic mass is 10.2. The number of piperazine rings is 1. The van der Waals surface area contributed by atoms with Crippen LogP contribution in [0.25, 0.3) is 0 Å². The van der Waals surface area contributed by atoms with Crippen molar-refractivity contribution in [2.24, 2.45) is 5.73 Å². The van der Waals surface area contributed by atoms with Gasteiger partial charge in [-0.05, 0) is 24.6 Å². The Labute approximate surface area is 124 Å². The summed E-state index contributed by atoms with van der Waals surface area (Å²) in [4.78, 5) is 26.9. The minimum Gasteiger partial charge on any atom is -0.484 e. The lowest BCUT2D eigenvalue weighted by molar-refractivity contribution is -0.140. The average molecular weight is 291 g/mol. The van der Waals surface area contributed by atoms with E-state index in [1.54, 1.807) is 9.80 Å². The molecule has 0 atom stereocenters. The van der Waals surface area contributed by atoms with Crippen molar-refractivity contribution >= 4 is 11.8 Å². The summed E-state index contributed by atoms with van der Waals surface area (Å²) in [6.07, 6.45) is 0. The quantitative estimate of drug-likeness (QED) is 0.847. The zero-order chi connectivity index (χ0) is 15.2. The van der Waals surface area contributed by atoms with E-state index in [0.717, 1.165) is 5.56 Å². The SMILES string of the molecule is Cc1cccc(OCC(=O)N2CCN(C(=O)CN)CC2)c1. The Bertz CT molecular complexity index is 511. The molecule has 21 heavy (non-hydrogen) atoms. The van der Waals surface area contributed by atoms with Gasteiger partial charge in [0.1, 0.15) is 5.75 Å². The van der Waals surface area contributed by atoms with E-state index in [9.17, 15) is 9.59 Å². The predicted octanol–water partition coefficient (Wildman–Crippen LogP) is 0.00332. The Balaban J connectivity index is 1.78. The van der Waals surface area contributed by atoms with E-state index in [4.69, 9.17) is 10.5 Å². The van der Waals surface area contributed by atoms with E-state index in [1.807, 2.05) is 31.2 Å². The molecule has 1 saturated heterocycles. The molecule has 0 radical (unpaired) electrons. The van der Waals surface area contributed by atoms with Crippen LogP contribution in [-0.4, -0.2) is 60.9 Å². The molecule has 0 bridgehead atoms. The molecule has 0 spiro atoms. The van der Waals surface area contributed by atoms with E-state index in [0.29, 0.717) is 31.9 Å². The van der Waals surface area contributed by atoms with Crippen molar-refractivity contribution in [2.45, 2.75) is 6.92 Å². The van der Waals surface area contributed by atoms with Gasteiger partial charge in [0.15, 0.2) is 6.61 Å². The number of rotatable bonds is 4. The first-order valence-corrected chi connectivity index (χ1v) is 7.05. The molecule has 1 aromatic rings. The van der Waals surface area contributed by atoms with Crippen LogP contribution in [0.15, 0.2) is 24.3 Å². The number of carbonyl (C=O) groups is 2. The molecular formula is C15H21N3O3. The van der Waals surface area contributed by atoms with Crippen LogP contribution in [0.4, 0.5) is 0 Å². The molecule has 2 N–H and O–H groups in total. The number of ether oxygens (including phenoxy) is 1. The van der Waals surface area contributed by atoms with Crippen LogP contribution >= 0.6 is 0 Å². The van der Waals surface area contributed by atoms with Gasteiger partial charge in [0.25, 0.3) is 5.91 Å². The number of nitrogens with zero attached hydrogens (tertiary/aromatic N) is 2. The second-order valence-corrected chi connectivity index (χ2v) is 5.07. The van der Waals surface area contributed by atoms with Gasteiger partial charge in [-0.3, -0.25) is 9.59 Å². The second kappa shape index (κ2) is 7.08. The molecule has 0 saturated carbocycles. The van der Waals surface area contributed by atoms with Gasteiger partial charge >= 0.3 is 0 Å². The van der Waals surface area contributed by atoms with E-state index in [1.165, 1.54) is 0 Å². The van der Waals surface area contributed by atoms with Gasteiger partial charge in [-0.1, -0.05) is 12.1 Å². The third-order valence-electron chi connectivity index (χ3n) is 3.51. The minimum absolute atomic E-state index is 0.0183. The molecule has 0 aliphatic carbocycles. The van der Waals surface area contributed by atoms with Gasteiger partial charge in [-0.2, -0.15) is 0 Å². The summed E-state index contributed by atoms with van der Waals surface area (Å²) in [5.74, 6) is 0.565. The maximum atomic E-state index is 12.1.